The van der Waals surface area contributed by atoms with Crippen LogP contribution in [0.2, 0.25) is 0 Å². The van der Waals surface area contributed by atoms with E-state index in [1.165, 1.54) is 27.6 Å². The minimum Gasteiger partial charge on any atom is -0.440 e. The van der Waals surface area contributed by atoms with Crippen molar-refractivity contribution in [1.29, 1.82) is 0 Å². The van der Waals surface area contributed by atoms with Gasteiger partial charge in [-0.1, -0.05) is 114 Å². The third-order valence-electron chi connectivity index (χ3n) is 6.94. The van der Waals surface area contributed by atoms with E-state index in [4.69, 9.17) is 4.52 Å². The van der Waals surface area contributed by atoms with E-state index in [0.29, 0.717) is 0 Å². The minimum absolute atomic E-state index is 0.00796. The zero-order valence-electron chi connectivity index (χ0n) is 23.6. The topological polar surface area (TPSA) is 9.23 Å². The standard InChI is InChI=1S/C30H45FOP2/c1-18-21-14-19(27(2,3)4)16-23(29(8,9)10)25(21)32-34(31)33-26-22(18)15-20(28(5,6)7)17-24(26)30(11,12)13/h14-18,33H,1-13H3. The molecule has 0 amide bonds. The maximum atomic E-state index is 15.8. The highest BCUT2D eigenvalue weighted by molar-refractivity contribution is 8.20. The lowest BCUT2D eigenvalue weighted by atomic mass is 9.75. The summed E-state index contributed by atoms with van der Waals surface area (Å²) in [5, 5.41) is 1.17. The Labute approximate surface area is 211 Å². The number of hydrogen-bond donors (Lipinski definition) is 0. The predicted octanol–water partition coefficient (Wildman–Crippen LogP) is 9.92. The van der Waals surface area contributed by atoms with Gasteiger partial charge in [0.1, 0.15) is 5.75 Å². The summed E-state index contributed by atoms with van der Waals surface area (Å²) < 4.78 is 22.0. The predicted molar refractivity (Wildman–Crippen MR) is 152 cm³/mol. The van der Waals surface area contributed by atoms with Crippen molar-refractivity contribution < 1.29 is 8.72 Å². The monoisotopic (exact) mass is 502 g/mol. The highest BCUT2D eigenvalue weighted by Gasteiger charge is 2.35. The molecule has 0 saturated carbocycles. The summed E-state index contributed by atoms with van der Waals surface area (Å²) in [6, 6.07) is 9.24. The molecule has 0 aromatic heterocycles. The molecule has 0 bridgehead atoms. The van der Waals surface area contributed by atoms with E-state index in [-0.39, 0.29) is 35.8 Å². The van der Waals surface area contributed by atoms with Crippen molar-refractivity contribution in [2.45, 2.75) is 118 Å². The molecule has 0 radical (unpaired) electrons. The molecule has 1 aliphatic heterocycles. The van der Waals surface area contributed by atoms with Crippen LogP contribution >= 0.6 is 16.4 Å². The van der Waals surface area contributed by atoms with Crippen LogP contribution in [-0.2, 0) is 21.7 Å². The van der Waals surface area contributed by atoms with Crippen LogP contribution in [0.15, 0.2) is 24.3 Å². The SMILES string of the molecule is CC1c2cc(C(C)(C)C)cc(C(C)(C)C)c2OP(F)Pc2c1cc(C(C)(C)C)cc2C(C)(C)C. The third-order valence-corrected chi connectivity index (χ3v) is 9.71. The Hall–Kier alpha value is -0.970. The largest absolute Gasteiger partial charge is 0.440 e. The Morgan fingerprint density at radius 1 is 0.676 bits per heavy atom. The number of hydrogen-bond acceptors (Lipinski definition) is 1. The molecular weight excluding hydrogens is 457 g/mol. The molecule has 0 saturated heterocycles. The molecule has 2 aromatic rings. The van der Waals surface area contributed by atoms with Crippen molar-refractivity contribution >= 4 is 21.7 Å². The van der Waals surface area contributed by atoms with Gasteiger partial charge in [-0.2, -0.15) is 4.20 Å². The van der Waals surface area contributed by atoms with Crippen LogP contribution in [0.25, 0.3) is 0 Å². The molecule has 3 unspecified atom stereocenters. The molecule has 0 spiro atoms. The molecule has 1 nitrogen and oxygen atoms in total. The number of benzene rings is 2. The van der Waals surface area contributed by atoms with E-state index in [9.17, 15) is 0 Å². The fraction of sp³-hybridized carbons (Fsp3) is 0.600. The molecule has 34 heavy (non-hydrogen) atoms. The van der Waals surface area contributed by atoms with Gasteiger partial charge in [-0.3, -0.25) is 0 Å². The normalized spacial score (nSPS) is 20.3. The van der Waals surface area contributed by atoms with Crippen molar-refractivity contribution in [3.05, 3.63) is 57.6 Å². The van der Waals surface area contributed by atoms with E-state index < -0.39 is 8.15 Å². The summed E-state index contributed by atoms with van der Waals surface area (Å²) in [4.78, 5) is 0. The fourth-order valence-electron chi connectivity index (χ4n) is 4.58. The molecule has 3 atom stereocenters. The van der Waals surface area contributed by atoms with E-state index in [1.54, 1.807) is 0 Å². The molecule has 0 fully saturated rings. The Bertz CT molecular complexity index is 990. The van der Waals surface area contributed by atoms with Crippen LogP contribution < -0.4 is 9.83 Å². The van der Waals surface area contributed by atoms with Crippen molar-refractivity contribution in [3.8, 4) is 5.75 Å². The van der Waals surface area contributed by atoms with E-state index in [2.05, 4.69) is 114 Å². The first-order valence-electron chi connectivity index (χ1n) is 12.5. The second-order valence-corrected chi connectivity index (χ2v) is 17.2. The van der Waals surface area contributed by atoms with Crippen LogP contribution in [0, 0.1) is 0 Å². The quantitative estimate of drug-likeness (QED) is 0.326. The van der Waals surface area contributed by atoms with Crippen molar-refractivity contribution in [2.75, 3.05) is 0 Å². The molecule has 1 heterocycles. The average molecular weight is 503 g/mol. The van der Waals surface area contributed by atoms with Crippen LogP contribution in [0.4, 0.5) is 4.20 Å². The van der Waals surface area contributed by atoms with Crippen LogP contribution in [-0.4, -0.2) is 0 Å². The summed E-state index contributed by atoms with van der Waals surface area (Å²) >= 11 is 0. The number of halogens is 1. The molecule has 1 aliphatic rings. The molecule has 2 aromatic carbocycles. The number of fused-ring (bicyclic) bond motifs is 2. The van der Waals surface area contributed by atoms with Gasteiger partial charge in [0.15, 0.2) is 0 Å². The summed E-state index contributed by atoms with van der Waals surface area (Å²) in [7, 11) is -2.07. The smallest absolute Gasteiger partial charge is 0.299 e. The van der Waals surface area contributed by atoms with Crippen LogP contribution in [0.3, 0.4) is 0 Å². The van der Waals surface area contributed by atoms with E-state index >= 15 is 4.20 Å². The maximum absolute atomic E-state index is 15.8. The summed E-state index contributed by atoms with van der Waals surface area (Å²) in [6.07, 6.45) is 0. The van der Waals surface area contributed by atoms with E-state index in [0.717, 1.165) is 16.9 Å². The first-order chi connectivity index (χ1) is 15.2. The first-order valence-corrected chi connectivity index (χ1v) is 15.5. The lowest BCUT2D eigenvalue weighted by Gasteiger charge is -2.36. The van der Waals surface area contributed by atoms with Crippen molar-refractivity contribution in [3.63, 3.8) is 0 Å². The van der Waals surface area contributed by atoms with Gasteiger partial charge < -0.3 is 4.52 Å². The Balaban J connectivity index is 2.44. The van der Waals surface area contributed by atoms with Gasteiger partial charge in [0.05, 0.1) is 0 Å². The van der Waals surface area contributed by atoms with Crippen LogP contribution in [0.5, 0.6) is 5.75 Å². The third kappa shape index (κ3) is 5.55. The second kappa shape index (κ2) is 8.85. The van der Waals surface area contributed by atoms with Gasteiger partial charge in [0.2, 0.25) is 0 Å². The lowest BCUT2D eigenvalue weighted by molar-refractivity contribution is 0.509. The summed E-state index contributed by atoms with van der Waals surface area (Å²) in [6.45, 7) is 29.2. The minimum atomic E-state index is -2.10. The fourth-order valence-corrected chi connectivity index (χ4v) is 7.84. The highest BCUT2D eigenvalue weighted by Crippen LogP contribution is 2.62. The summed E-state index contributed by atoms with van der Waals surface area (Å²) in [5.74, 6) is 0.895. The van der Waals surface area contributed by atoms with Gasteiger partial charge in [-0.05, 0) is 49.2 Å². The van der Waals surface area contributed by atoms with E-state index in [1.807, 2.05) is 0 Å². The van der Waals surface area contributed by atoms with Crippen molar-refractivity contribution in [2.24, 2.45) is 0 Å². The van der Waals surface area contributed by atoms with Gasteiger partial charge in [-0.25, -0.2) is 0 Å². The molecular formula is C30H45FOP2. The number of rotatable bonds is 0. The second-order valence-electron chi connectivity index (χ2n) is 14.1. The lowest BCUT2D eigenvalue weighted by Crippen LogP contribution is -2.27. The molecule has 4 heteroatoms. The van der Waals surface area contributed by atoms with Gasteiger partial charge in [0.25, 0.3) is 8.15 Å². The van der Waals surface area contributed by atoms with Gasteiger partial charge >= 0.3 is 0 Å². The maximum Gasteiger partial charge on any atom is 0.299 e. The molecule has 188 valence electrons. The zero-order valence-corrected chi connectivity index (χ0v) is 25.5. The van der Waals surface area contributed by atoms with Gasteiger partial charge in [-0.15, -0.1) is 0 Å². The molecule has 3 rings (SSSR count). The first kappa shape index (κ1) is 27.6. The molecule has 0 N–H and O–H groups in total. The van der Waals surface area contributed by atoms with Crippen LogP contribution in [0.1, 0.15) is 129 Å². The highest BCUT2D eigenvalue weighted by atomic mass is 32.1. The Kier molecular flexibility index (Phi) is 7.19. The Morgan fingerprint density at radius 2 is 1.12 bits per heavy atom. The summed E-state index contributed by atoms with van der Waals surface area (Å²) in [5.41, 5.74) is 7.18. The van der Waals surface area contributed by atoms with Crippen molar-refractivity contribution in [1.82, 2.24) is 0 Å². The zero-order chi connectivity index (χ0) is 26.0. The Morgan fingerprint density at radius 3 is 1.56 bits per heavy atom. The van der Waals surface area contributed by atoms with Gasteiger partial charge in [0, 0.05) is 25.3 Å². The molecule has 0 aliphatic carbocycles. The average Bonchev–Trinajstić information content (AvgIpc) is 2.63.